The molecule has 0 aromatic heterocycles. The maximum absolute atomic E-state index is 13.5. The van der Waals surface area contributed by atoms with Gasteiger partial charge >= 0.3 is 6.03 Å². The topological polar surface area (TPSA) is 52.7 Å². The molecule has 2 saturated heterocycles. The van der Waals surface area contributed by atoms with Gasteiger partial charge in [0.05, 0.1) is 6.67 Å². The lowest BCUT2D eigenvalue weighted by Gasteiger charge is -2.34. The molecule has 27 heavy (non-hydrogen) atoms. The molecule has 0 radical (unpaired) electrons. The Kier molecular flexibility index (Phi) is 4.93. The number of carbonyl (C=O) groups excluding carboxylic acids is 2. The maximum Gasteiger partial charge on any atom is 0.326 e. The molecule has 1 aromatic carbocycles. The zero-order valence-electron chi connectivity index (χ0n) is 15.9. The lowest BCUT2D eigenvalue weighted by Crippen LogP contribution is -2.50. The minimum absolute atomic E-state index is 0.0594. The number of hydrogen-bond donors (Lipinski definition) is 1. The van der Waals surface area contributed by atoms with Gasteiger partial charge in [-0.15, -0.1) is 0 Å². The van der Waals surface area contributed by atoms with Gasteiger partial charge < -0.3 is 5.32 Å². The van der Waals surface area contributed by atoms with Crippen LogP contribution in [0.2, 0.25) is 0 Å². The molecule has 3 fully saturated rings. The molecule has 2 aliphatic heterocycles. The molecular formula is C21H28FN3O2. The summed E-state index contributed by atoms with van der Waals surface area (Å²) in [5.74, 6) is 0.332. The van der Waals surface area contributed by atoms with E-state index in [-0.39, 0.29) is 23.8 Å². The summed E-state index contributed by atoms with van der Waals surface area (Å²) in [4.78, 5) is 29.2. The summed E-state index contributed by atoms with van der Waals surface area (Å²) in [6.07, 6.45) is 6.21. The van der Waals surface area contributed by atoms with Gasteiger partial charge in [0.15, 0.2) is 0 Å². The van der Waals surface area contributed by atoms with Crippen LogP contribution in [0.15, 0.2) is 24.3 Å². The minimum Gasteiger partial charge on any atom is -0.323 e. The number of amides is 3. The fourth-order valence-electron chi connectivity index (χ4n) is 4.83. The van der Waals surface area contributed by atoms with E-state index in [4.69, 9.17) is 0 Å². The Morgan fingerprint density at radius 1 is 1.22 bits per heavy atom. The van der Waals surface area contributed by atoms with Crippen LogP contribution in [-0.2, 0) is 11.2 Å². The van der Waals surface area contributed by atoms with Gasteiger partial charge in [0.25, 0.3) is 5.91 Å². The van der Waals surface area contributed by atoms with Crippen LogP contribution in [0.5, 0.6) is 0 Å². The Balaban J connectivity index is 1.43. The predicted octanol–water partition coefficient (Wildman–Crippen LogP) is 3.29. The summed E-state index contributed by atoms with van der Waals surface area (Å²) in [6, 6.07) is 6.66. The monoisotopic (exact) mass is 373 g/mol. The molecule has 2 heterocycles. The summed E-state index contributed by atoms with van der Waals surface area (Å²) in [5, 5.41) is 3.00. The Hall–Kier alpha value is -1.95. The van der Waals surface area contributed by atoms with Gasteiger partial charge in [0.2, 0.25) is 0 Å². The molecule has 0 bridgehead atoms. The summed E-state index contributed by atoms with van der Waals surface area (Å²) in [7, 11) is 0. The average molecular weight is 373 g/mol. The van der Waals surface area contributed by atoms with Gasteiger partial charge in [-0.25, -0.2) is 14.1 Å². The van der Waals surface area contributed by atoms with Crippen molar-refractivity contribution in [1.29, 1.82) is 0 Å². The first kappa shape index (κ1) is 18.4. The summed E-state index contributed by atoms with van der Waals surface area (Å²) < 4.78 is 13.5. The van der Waals surface area contributed by atoms with Crippen molar-refractivity contribution in [1.82, 2.24) is 15.1 Å². The lowest BCUT2D eigenvalue weighted by molar-refractivity contribution is -0.134. The number of hydrogen-bond acceptors (Lipinski definition) is 3. The second-order valence-electron chi connectivity index (χ2n) is 8.51. The number of likely N-dealkylation sites (tertiary alicyclic amines) is 1. The molecule has 3 aliphatic rings. The zero-order chi connectivity index (χ0) is 19.0. The van der Waals surface area contributed by atoms with Crippen LogP contribution in [0, 0.1) is 11.7 Å². The first-order chi connectivity index (χ1) is 13.0. The number of carbonyl (C=O) groups is 2. The summed E-state index contributed by atoms with van der Waals surface area (Å²) in [5.41, 5.74) is 0.281. The van der Waals surface area contributed by atoms with Crippen LogP contribution >= 0.6 is 0 Å². The average Bonchev–Trinajstić information content (AvgIpc) is 3.16. The quantitative estimate of drug-likeness (QED) is 0.824. The van der Waals surface area contributed by atoms with E-state index < -0.39 is 5.54 Å². The Morgan fingerprint density at radius 3 is 2.74 bits per heavy atom. The number of nitrogens with zero attached hydrogens (tertiary/aromatic N) is 2. The molecule has 146 valence electrons. The number of urea groups is 1. The van der Waals surface area contributed by atoms with Crippen molar-refractivity contribution < 1.29 is 14.0 Å². The van der Waals surface area contributed by atoms with Crippen LogP contribution in [0.4, 0.5) is 9.18 Å². The van der Waals surface area contributed by atoms with E-state index in [1.165, 1.54) is 11.0 Å². The molecule has 1 atom stereocenters. The normalized spacial score (nSPS) is 31.7. The molecule has 1 saturated carbocycles. The van der Waals surface area contributed by atoms with Crippen LogP contribution in [-0.4, -0.2) is 46.5 Å². The van der Waals surface area contributed by atoms with E-state index in [9.17, 15) is 14.0 Å². The molecule has 1 spiro atoms. The van der Waals surface area contributed by atoms with Crippen molar-refractivity contribution in [2.24, 2.45) is 5.92 Å². The van der Waals surface area contributed by atoms with Gasteiger partial charge in [-0.05, 0) is 68.6 Å². The summed E-state index contributed by atoms with van der Waals surface area (Å²) in [6.45, 7) is 3.40. The third kappa shape index (κ3) is 3.59. The first-order valence-electron chi connectivity index (χ1n) is 10.1. The molecule has 1 aromatic rings. The van der Waals surface area contributed by atoms with E-state index >= 15 is 0 Å². The maximum atomic E-state index is 13.5. The number of benzene rings is 1. The van der Waals surface area contributed by atoms with Gasteiger partial charge in [0.1, 0.15) is 11.4 Å². The van der Waals surface area contributed by atoms with E-state index in [1.807, 2.05) is 6.07 Å². The second kappa shape index (κ2) is 7.23. The SMILES string of the molecule is CC1CCC2(CC1)NC(=O)N(CN1CCCC1Cc1cccc(F)c1)C2=O. The molecular weight excluding hydrogens is 345 g/mol. The van der Waals surface area contributed by atoms with Crippen molar-refractivity contribution in [3.63, 3.8) is 0 Å². The van der Waals surface area contributed by atoms with Crippen LogP contribution < -0.4 is 5.32 Å². The second-order valence-corrected chi connectivity index (χ2v) is 8.51. The minimum atomic E-state index is -0.679. The van der Waals surface area contributed by atoms with E-state index in [1.54, 1.807) is 12.1 Å². The summed E-state index contributed by atoms with van der Waals surface area (Å²) >= 11 is 0. The zero-order valence-corrected chi connectivity index (χ0v) is 15.9. The Morgan fingerprint density at radius 2 is 2.00 bits per heavy atom. The fourth-order valence-corrected chi connectivity index (χ4v) is 4.83. The van der Waals surface area contributed by atoms with E-state index in [0.29, 0.717) is 12.6 Å². The molecule has 3 amide bonds. The van der Waals surface area contributed by atoms with Gasteiger partial charge in [-0.1, -0.05) is 19.1 Å². The molecule has 5 nitrogen and oxygen atoms in total. The first-order valence-corrected chi connectivity index (χ1v) is 10.1. The van der Waals surface area contributed by atoms with Crippen LogP contribution in [0.1, 0.15) is 51.0 Å². The third-order valence-electron chi connectivity index (χ3n) is 6.56. The number of nitrogens with one attached hydrogen (secondary N) is 1. The van der Waals surface area contributed by atoms with Crippen molar-refractivity contribution in [2.75, 3.05) is 13.2 Å². The Labute approximate surface area is 159 Å². The molecule has 1 unspecified atom stereocenters. The molecule has 6 heteroatoms. The molecule has 1 aliphatic carbocycles. The third-order valence-corrected chi connectivity index (χ3v) is 6.56. The van der Waals surface area contributed by atoms with Crippen LogP contribution in [0.25, 0.3) is 0 Å². The van der Waals surface area contributed by atoms with E-state index in [2.05, 4.69) is 17.1 Å². The number of rotatable bonds is 4. The number of imide groups is 1. The number of halogens is 1. The smallest absolute Gasteiger partial charge is 0.323 e. The standard InChI is InChI=1S/C21H28FN3O2/c1-15-7-9-21(10-8-15)19(26)25(20(27)23-21)14-24-11-3-6-18(24)13-16-4-2-5-17(22)12-16/h2,4-5,12,15,18H,3,6-11,13-14H2,1H3,(H,23,27). The van der Waals surface area contributed by atoms with Crippen molar-refractivity contribution in [3.8, 4) is 0 Å². The van der Waals surface area contributed by atoms with Crippen molar-refractivity contribution >= 4 is 11.9 Å². The van der Waals surface area contributed by atoms with Crippen molar-refractivity contribution in [3.05, 3.63) is 35.6 Å². The van der Waals surface area contributed by atoms with Crippen LogP contribution in [0.3, 0.4) is 0 Å². The Bertz CT molecular complexity index is 730. The van der Waals surface area contributed by atoms with Gasteiger partial charge in [-0.2, -0.15) is 0 Å². The lowest BCUT2D eigenvalue weighted by atomic mass is 9.77. The largest absolute Gasteiger partial charge is 0.326 e. The van der Waals surface area contributed by atoms with Crippen molar-refractivity contribution in [2.45, 2.75) is 63.5 Å². The predicted molar refractivity (Wildman–Crippen MR) is 100 cm³/mol. The highest BCUT2D eigenvalue weighted by atomic mass is 19.1. The van der Waals surface area contributed by atoms with Gasteiger partial charge in [-0.3, -0.25) is 9.69 Å². The highest BCUT2D eigenvalue weighted by Crippen LogP contribution is 2.36. The molecule has 4 rings (SSSR count). The highest BCUT2D eigenvalue weighted by molar-refractivity contribution is 6.07. The van der Waals surface area contributed by atoms with Gasteiger partial charge in [0, 0.05) is 12.6 Å². The van der Waals surface area contributed by atoms with E-state index in [0.717, 1.165) is 57.1 Å². The molecule has 1 N–H and O–H groups in total. The fraction of sp³-hybridized carbons (Fsp3) is 0.619. The highest BCUT2D eigenvalue weighted by Gasteiger charge is 2.52.